The van der Waals surface area contributed by atoms with Gasteiger partial charge in [-0.3, -0.25) is 5.32 Å². The van der Waals surface area contributed by atoms with Gasteiger partial charge in [-0.15, -0.1) is 17.9 Å². The summed E-state index contributed by atoms with van der Waals surface area (Å²) in [6.45, 7) is 3.98. The molecule has 1 heterocycles. The average molecular weight is 349 g/mol. The highest BCUT2D eigenvalue weighted by atomic mass is 32.1. The average Bonchev–Trinajstić information content (AvgIpc) is 3.10. The normalized spacial score (nSPS) is 10.2. The number of nitrogens with one attached hydrogen (secondary N) is 2. The molecule has 2 amide bonds. The Hall–Kier alpha value is -2.92. The molecule has 0 unspecified atom stereocenters. The van der Waals surface area contributed by atoms with Crippen molar-refractivity contribution in [3.63, 3.8) is 0 Å². The van der Waals surface area contributed by atoms with Gasteiger partial charge >= 0.3 is 6.03 Å². The van der Waals surface area contributed by atoms with Crippen LogP contribution >= 0.6 is 11.3 Å². The zero-order valence-electron chi connectivity index (χ0n) is 13.7. The molecule has 0 bridgehead atoms. The third-order valence-corrected chi connectivity index (χ3v) is 4.39. The molecule has 0 spiro atoms. The van der Waals surface area contributed by atoms with Crippen LogP contribution in [0, 0.1) is 0 Å². The Morgan fingerprint density at radius 3 is 2.52 bits per heavy atom. The Morgan fingerprint density at radius 1 is 1.08 bits per heavy atom. The van der Waals surface area contributed by atoms with Gasteiger partial charge in [-0.05, 0) is 17.5 Å². The van der Waals surface area contributed by atoms with Crippen molar-refractivity contribution in [1.82, 2.24) is 10.3 Å². The summed E-state index contributed by atoms with van der Waals surface area (Å²) in [5.74, 6) is 0. The lowest BCUT2D eigenvalue weighted by Gasteiger charge is -2.03. The van der Waals surface area contributed by atoms with Crippen molar-refractivity contribution in [3.8, 4) is 11.3 Å². The molecule has 0 radical (unpaired) electrons. The molecule has 4 nitrogen and oxygen atoms in total. The van der Waals surface area contributed by atoms with Crippen molar-refractivity contribution in [2.24, 2.45) is 0 Å². The van der Waals surface area contributed by atoms with E-state index in [9.17, 15) is 4.79 Å². The van der Waals surface area contributed by atoms with Gasteiger partial charge in [0.25, 0.3) is 0 Å². The maximum absolute atomic E-state index is 11.6. The summed E-state index contributed by atoms with van der Waals surface area (Å²) in [7, 11) is 0. The Balaban J connectivity index is 1.64. The number of benzene rings is 2. The van der Waals surface area contributed by atoms with E-state index in [1.54, 1.807) is 6.08 Å². The molecule has 0 aliphatic rings. The molecule has 25 heavy (non-hydrogen) atoms. The van der Waals surface area contributed by atoms with Crippen molar-refractivity contribution in [2.45, 2.75) is 6.42 Å². The highest BCUT2D eigenvalue weighted by molar-refractivity contribution is 7.14. The molecular formula is C20H19N3OS. The first-order chi connectivity index (χ1) is 12.2. The van der Waals surface area contributed by atoms with Gasteiger partial charge in [-0.1, -0.05) is 60.7 Å². The zero-order valence-corrected chi connectivity index (χ0v) is 14.6. The van der Waals surface area contributed by atoms with Crippen LogP contribution in [0.5, 0.6) is 0 Å². The predicted molar refractivity (Wildman–Crippen MR) is 104 cm³/mol. The number of thiazole rings is 1. The SMILES string of the molecule is C=CCNC(=O)Nc1nc(-c2ccc(Cc3ccccc3)cc2)cs1. The Morgan fingerprint density at radius 2 is 1.80 bits per heavy atom. The molecule has 3 rings (SSSR count). The second-order valence-corrected chi connectivity index (χ2v) is 6.38. The predicted octanol–water partition coefficient (Wildman–Crippen LogP) is 4.71. The van der Waals surface area contributed by atoms with Gasteiger partial charge in [-0.2, -0.15) is 0 Å². The van der Waals surface area contributed by atoms with Crippen LogP contribution in [-0.2, 0) is 6.42 Å². The van der Waals surface area contributed by atoms with Crippen molar-refractivity contribution >= 4 is 22.5 Å². The zero-order chi connectivity index (χ0) is 17.5. The molecule has 0 saturated heterocycles. The van der Waals surface area contributed by atoms with E-state index in [-0.39, 0.29) is 6.03 Å². The maximum atomic E-state index is 11.6. The van der Waals surface area contributed by atoms with Crippen LogP contribution in [0.2, 0.25) is 0 Å². The molecule has 2 N–H and O–H groups in total. The molecule has 3 aromatic rings. The van der Waals surface area contributed by atoms with E-state index in [1.807, 2.05) is 11.4 Å². The fourth-order valence-electron chi connectivity index (χ4n) is 2.39. The van der Waals surface area contributed by atoms with Crippen LogP contribution in [0.3, 0.4) is 0 Å². The minimum absolute atomic E-state index is 0.279. The second-order valence-electron chi connectivity index (χ2n) is 5.52. The number of amides is 2. The van der Waals surface area contributed by atoms with Crippen LogP contribution < -0.4 is 10.6 Å². The van der Waals surface area contributed by atoms with Crippen molar-refractivity contribution in [1.29, 1.82) is 0 Å². The van der Waals surface area contributed by atoms with Crippen LogP contribution in [-0.4, -0.2) is 17.6 Å². The molecule has 0 atom stereocenters. The highest BCUT2D eigenvalue weighted by Crippen LogP contribution is 2.25. The number of urea groups is 1. The first-order valence-electron chi connectivity index (χ1n) is 7.99. The molecular weight excluding hydrogens is 330 g/mol. The number of hydrogen-bond acceptors (Lipinski definition) is 3. The minimum atomic E-state index is -0.279. The van der Waals surface area contributed by atoms with E-state index in [0.29, 0.717) is 11.7 Å². The first kappa shape index (κ1) is 16.9. The fraction of sp³-hybridized carbons (Fsp3) is 0.100. The molecule has 0 aliphatic carbocycles. The first-order valence-corrected chi connectivity index (χ1v) is 8.87. The molecule has 2 aromatic carbocycles. The third kappa shape index (κ3) is 4.78. The van der Waals surface area contributed by atoms with Gasteiger partial charge in [0.1, 0.15) is 0 Å². The van der Waals surface area contributed by atoms with E-state index in [0.717, 1.165) is 17.7 Å². The molecule has 5 heteroatoms. The number of rotatable bonds is 6. The maximum Gasteiger partial charge on any atom is 0.321 e. The van der Waals surface area contributed by atoms with Gasteiger partial charge < -0.3 is 5.32 Å². The number of hydrogen-bond donors (Lipinski definition) is 2. The standard InChI is InChI=1S/C20H19N3OS/c1-2-12-21-19(24)23-20-22-18(14-25-20)17-10-8-16(9-11-17)13-15-6-4-3-5-7-15/h2-11,14H,1,12-13H2,(H2,21,22,23,24). The Labute approximate surface area is 151 Å². The van der Waals surface area contributed by atoms with Crippen molar-refractivity contribution < 1.29 is 4.79 Å². The summed E-state index contributed by atoms with van der Waals surface area (Å²) in [6, 6.07) is 18.5. The van der Waals surface area contributed by atoms with E-state index < -0.39 is 0 Å². The lowest BCUT2D eigenvalue weighted by molar-refractivity contribution is 0.253. The summed E-state index contributed by atoms with van der Waals surface area (Å²) >= 11 is 1.40. The van der Waals surface area contributed by atoms with E-state index in [2.05, 4.69) is 70.7 Å². The van der Waals surface area contributed by atoms with Crippen LogP contribution in [0.25, 0.3) is 11.3 Å². The Kier molecular flexibility index (Phi) is 5.59. The summed E-state index contributed by atoms with van der Waals surface area (Å²) in [5, 5.41) is 7.89. The van der Waals surface area contributed by atoms with Gasteiger partial charge in [0, 0.05) is 17.5 Å². The number of anilines is 1. The van der Waals surface area contributed by atoms with E-state index >= 15 is 0 Å². The topological polar surface area (TPSA) is 54.0 Å². The molecule has 0 saturated carbocycles. The van der Waals surface area contributed by atoms with Gasteiger partial charge in [-0.25, -0.2) is 9.78 Å². The van der Waals surface area contributed by atoms with Crippen LogP contribution in [0.15, 0.2) is 72.6 Å². The number of aromatic nitrogens is 1. The summed E-state index contributed by atoms with van der Waals surface area (Å²) in [5.41, 5.74) is 4.44. The lowest BCUT2D eigenvalue weighted by atomic mass is 10.0. The number of carbonyl (C=O) groups is 1. The monoisotopic (exact) mass is 349 g/mol. The minimum Gasteiger partial charge on any atom is -0.334 e. The molecule has 0 fully saturated rings. The lowest BCUT2D eigenvalue weighted by Crippen LogP contribution is -2.28. The van der Waals surface area contributed by atoms with Crippen LogP contribution in [0.1, 0.15) is 11.1 Å². The molecule has 1 aromatic heterocycles. The number of carbonyl (C=O) groups excluding carboxylic acids is 1. The smallest absolute Gasteiger partial charge is 0.321 e. The third-order valence-electron chi connectivity index (χ3n) is 3.63. The van der Waals surface area contributed by atoms with Crippen LogP contribution in [0.4, 0.5) is 9.93 Å². The summed E-state index contributed by atoms with van der Waals surface area (Å²) in [4.78, 5) is 16.1. The van der Waals surface area contributed by atoms with Crippen molar-refractivity contribution in [3.05, 3.63) is 83.8 Å². The van der Waals surface area contributed by atoms with E-state index in [4.69, 9.17) is 0 Å². The van der Waals surface area contributed by atoms with Crippen molar-refractivity contribution in [2.75, 3.05) is 11.9 Å². The summed E-state index contributed by atoms with van der Waals surface area (Å²) in [6.07, 6.45) is 2.54. The largest absolute Gasteiger partial charge is 0.334 e. The second kappa shape index (κ2) is 8.26. The van der Waals surface area contributed by atoms with Gasteiger partial charge in [0.05, 0.1) is 5.69 Å². The fourth-order valence-corrected chi connectivity index (χ4v) is 3.11. The van der Waals surface area contributed by atoms with Gasteiger partial charge in [0.2, 0.25) is 0 Å². The highest BCUT2D eigenvalue weighted by Gasteiger charge is 2.07. The Bertz CT molecular complexity index is 841. The summed E-state index contributed by atoms with van der Waals surface area (Å²) < 4.78 is 0. The quantitative estimate of drug-likeness (QED) is 0.633. The van der Waals surface area contributed by atoms with Gasteiger partial charge in [0.15, 0.2) is 5.13 Å². The number of nitrogens with zero attached hydrogens (tertiary/aromatic N) is 1. The van der Waals surface area contributed by atoms with E-state index in [1.165, 1.54) is 22.5 Å². The molecule has 126 valence electrons. The molecule has 0 aliphatic heterocycles.